The second kappa shape index (κ2) is 6.15. The Bertz CT molecular complexity index is 404. The third-order valence-electron chi connectivity index (χ3n) is 1.83. The van der Waals surface area contributed by atoms with Crippen LogP contribution in [0.1, 0.15) is 17.3 Å². The number of benzene rings is 1. The van der Waals surface area contributed by atoms with Crippen molar-refractivity contribution in [2.45, 2.75) is 11.8 Å². The minimum absolute atomic E-state index is 0.257. The summed E-state index contributed by atoms with van der Waals surface area (Å²) >= 11 is 6.30. The number of rotatable bonds is 4. The van der Waals surface area contributed by atoms with Crippen LogP contribution in [-0.2, 0) is 9.53 Å². The Morgan fingerprint density at radius 1 is 1.44 bits per heavy atom. The van der Waals surface area contributed by atoms with E-state index in [1.807, 2.05) is 6.07 Å². The van der Waals surface area contributed by atoms with Gasteiger partial charge >= 0.3 is 5.97 Å². The highest BCUT2D eigenvalue weighted by atomic mass is 79.9. The van der Waals surface area contributed by atoms with Crippen LogP contribution in [-0.4, -0.2) is 23.2 Å². The topological polar surface area (TPSA) is 43.4 Å². The van der Waals surface area contributed by atoms with Crippen molar-refractivity contribution in [3.05, 3.63) is 34.3 Å². The number of halogens is 2. The van der Waals surface area contributed by atoms with Gasteiger partial charge in [-0.2, -0.15) is 0 Å². The van der Waals surface area contributed by atoms with Crippen molar-refractivity contribution in [1.82, 2.24) is 0 Å². The van der Waals surface area contributed by atoms with E-state index in [-0.39, 0.29) is 12.4 Å². The molecule has 0 aliphatic heterocycles. The second-order valence-corrected chi connectivity index (χ2v) is 4.82. The molecule has 0 bridgehead atoms. The first-order chi connectivity index (χ1) is 7.56. The van der Waals surface area contributed by atoms with Crippen molar-refractivity contribution in [2.24, 2.45) is 0 Å². The van der Waals surface area contributed by atoms with Crippen LogP contribution in [0, 0.1) is 0 Å². The molecule has 0 saturated heterocycles. The quantitative estimate of drug-likeness (QED) is 0.363. The Kier molecular flexibility index (Phi) is 5.15. The minimum Gasteiger partial charge on any atom is -0.465 e. The third-order valence-corrected chi connectivity index (χ3v) is 3.12. The third kappa shape index (κ3) is 3.42. The zero-order chi connectivity index (χ0) is 12.1. The van der Waals surface area contributed by atoms with E-state index in [1.54, 1.807) is 25.1 Å². The Morgan fingerprint density at radius 3 is 2.69 bits per heavy atom. The van der Waals surface area contributed by atoms with Gasteiger partial charge in [0.2, 0.25) is 0 Å². The zero-order valence-electron chi connectivity index (χ0n) is 8.57. The Balaban J connectivity index is 2.82. The molecule has 0 N–H and O–H groups in total. The van der Waals surface area contributed by atoms with Gasteiger partial charge in [0.15, 0.2) is 10.6 Å². The van der Waals surface area contributed by atoms with Gasteiger partial charge in [0.25, 0.3) is 0 Å². The summed E-state index contributed by atoms with van der Waals surface area (Å²) in [6.07, 6.45) is 0. The average Bonchev–Trinajstić information content (AvgIpc) is 2.27. The number of ketones is 1. The number of hydrogen-bond donors (Lipinski definition) is 0. The highest BCUT2D eigenvalue weighted by Gasteiger charge is 2.25. The van der Waals surface area contributed by atoms with Gasteiger partial charge in [0.05, 0.1) is 6.61 Å². The summed E-state index contributed by atoms with van der Waals surface area (Å²) in [6, 6.07) is 6.86. The van der Waals surface area contributed by atoms with Gasteiger partial charge in [0.1, 0.15) is 0 Å². The van der Waals surface area contributed by atoms with Crippen molar-refractivity contribution in [3.8, 4) is 0 Å². The first-order valence-corrected chi connectivity index (χ1v) is 6.37. The number of esters is 1. The molecule has 1 atom stereocenters. The number of carbonyl (C=O) groups is 2. The molecule has 0 fully saturated rings. The van der Waals surface area contributed by atoms with Crippen molar-refractivity contribution in [1.29, 1.82) is 0 Å². The second-order valence-electron chi connectivity index (χ2n) is 2.99. The lowest BCUT2D eigenvalue weighted by atomic mass is 10.1. The molecule has 5 heteroatoms. The van der Waals surface area contributed by atoms with E-state index in [0.717, 1.165) is 4.47 Å². The lowest BCUT2D eigenvalue weighted by molar-refractivity contribution is -0.141. The summed E-state index contributed by atoms with van der Waals surface area (Å²) in [4.78, 5) is 22.2. The lowest BCUT2D eigenvalue weighted by Gasteiger charge is -2.08. The Morgan fingerprint density at radius 2 is 2.12 bits per heavy atom. The predicted molar refractivity (Wildman–Crippen MR) is 67.8 cm³/mol. The molecule has 1 rings (SSSR count). The van der Waals surface area contributed by atoms with E-state index in [0.29, 0.717) is 5.56 Å². The van der Waals surface area contributed by atoms with Crippen LogP contribution in [0.25, 0.3) is 0 Å². The molecule has 0 aliphatic rings. The van der Waals surface area contributed by atoms with E-state index in [9.17, 15) is 9.59 Å². The van der Waals surface area contributed by atoms with E-state index in [2.05, 4.69) is 31.9 Å². The molecule has 0 spiro atoms. The van der Waals surface area contributed by atoms with Gasteiger partial charge in [-0.05, 0) is 19.1 Å². The number of ether oxygens (including phenoxy) is 1. The maximum Gasteiger partial charge on any atom is 0.327 e. The first-order valence-electron chi connectivity index (χ1n) is 4.66. The average molecular weight is 350 g/mol. The Hall–Kier alpha value is -0.680. The van der Waals surface area contributed by atoms with Crippen LogP contribution in [0.2, 0.25) is 0 Å². The number of carbonyl (C=O) groups excluding carboxylic acids is 2. The molecule has 0 heterocycles. The molecule has 1 unspecified atom stereocenters. The minimum atomic E-state index is -0.943. The molecule has 1 aromatic carbocycles. The van der Waals surface area contributed by atoms with Gasteiger partial charge < -0.3 is 4.74 Å². The number of alkyl halides is 1. The number of hydrogen-bond acceptors (Lipinski definition) is 3. The van der Waals surface area contributed by atoms with Crippen LogP contribution in [0.3, 0.4) is 0 Å². The Labute approximate surface area is 110 Å². The SMILES string of the molecule is CCOC(=O)C(Br)C(=O)c1cccc(Br)c1. The summed E-state index contributed by atoms with van der Waals surface area (Å²) in [5.74, 6) is -0.868. The molecule has 16 heavy (non-hydrogen) atoms. The van der Waals surface area contributed by atoms with Crippen molar-refractivity contribution < 1.29 is 14.3 Å². The summed E-state index contributed by atoms with van der Waals surface area (Å²) in [5, 5.41) is 0. The van der Waals surface area contributed by atoms with Crippen LogP contribution in [0.5, 0.6) is 0 Å². The number of Topliss-reactive ketones (excluding diaryl/α,β-unsaturated/α-hetero) is 1. The van der Waals surface area contributed by atoms with Crippen molar-refractivity contribution >= 4 is 43.6 Å². The largest absolute Gasteiger partial charge is 0.465 e. The lowest BCUT2D eigenvalue weighted by Crippen LogP contribution is -2.26. The highest BCUT2D eigenvalue weighted by Crippen LogP contribution is 2.16. The summed E-state index contributed by atoms with van der Waals surface area (Å²) in [6.45, 7) is 1.95. The maximum atomic E-state index is 11.8. The van der Waals surface area contributed by atoms with Crippen LogP contribution in [0.15, 0.2) is 28.7 Å². The standard InChI is InChI=1S/C11H10Br2O3/c1-2-16-11(15)9(13)10(14)7-4-3-5-8(12)6-7/h3-6,9H,2H2,1H3. The molecule has 0 aromatic heterocycles. The molecule has 86 valence electrons. The normalized spacial score (nSPS) is 11.9. The highest BCUT2D eigenvalue weighted by molar-refractivity contribution is 9.10. The fourth-order valence-corrected chi connectivity index (χ4v) is 1.91. The first kappa shape index (κ1) is 13.4. The van der Waals surface area contributed by atoms with Crippen LogP contribution < -0.4 is 0 Å². The monoisotopic (exact) mass is 348 g/mol. The molecular formula is C11H10Br2O3. The van der Waals surface area contributed by atoms with Gasteiger partial charge in [-0.1, -0.05) is 44.0 Å². The fraction of sp³-hybridized carbons (Fsp3) is 0.273. The van der Waals surface area contributed by atoms with Crippen molar-refractivity contribution in [3.63, 3.8) is 0 Å². The van der Waals surface area contributed by atoms with Crippen LogP contribution in [0.4, 0.5) is 0 Å². The fourth-order valence-electron chi connectivity index (χ4n) is 1.11. The molecule has 1 aromatic rings. The van der Waals surface area contributed by atoms with Gasteiger partial charge in [-0.15, -0.1) is 0 Å². The van der Waals surface area contributed by atoms with Crippen molar-refractivity contribution in [2.75, 3.05) is 6.61 Å². The van der Waals surface area contributed by atoms with E-state index in [4.69, 9.17) is 4.74 Å². The van der Waals surface area contributed by atoms with E-state index in [1.165, 1.54) is 0 Å². The van der Waals surface area contributed by atoms with Gasteiger partial charge in [0, 0.05) is 10.0 Å². The summed E-state index contributed by atoms with van der Waals surface area (Å²) < 4.78 is 5.55. The zero-order valence-corrected chi connectivity index (χ0v) is 11.7. The molecule has 0 radical (unpaired) electrons. The molecule has 0 saturated carbocycles. The summed E-state index contributed by atoms with van der Waals surface area (Å²) in [7, 11) is 0. The molecule has 3 nitrogen and oxygen atoms in total. The predicted octanol–water partition coefficient (Wildman–Crippen LogP) is 2.96. The molecular weight excluding hydrogens is 340 g/mol. The smallest absolute Gasteiger partial charge is 0.327 e. The summed E-state index contributed by atoms with van der Waals surface area (Å²) in [5.41, 5.74) is 0.462. The molecule has 0 amide bonds. The van der Waals surface area contributed by atoms with Crippen LogP contribution >= 0.6 is 31.9 Å². The molecule has 0 aliphatic carbocycles. The van der Waals surface area contributed by atoms with Gasteiger partial charge in [-0.25, -0.2) is 0 Å². The van der Waals surface area contributed by atoms with E-state index >= 15 is 0 Å². The van der Waals surface area contributed by atoms with E-state index < -0.39 is 10.8 Å². The maximum absolute atomic E-state index is 11.8. The van der Waals surface area contributed by atoms with Gasteiger partial charge in [-0.3, -0.25) is 9.59 Å².